The molecule has 9 heteroatoms. The third kappa shape index (κ3) is 4.98. The summed E-state index contributed by atoms with van der Waals surface area (Å²) < 4.78 is 31.7. The van der Waals surface area contributed by atoms with E-state index in [9.17, 15) is 18.0 Å². The van der Waals surface area contributed by atoms with E-state index in [2.05, 4.69) is 10.1 Å². The van der Waals surface area contributed by atoms with Crippen molar-refractivity contribution in [1.82, 2.24) is 4.31 Å². The third-order valence-corrected chi connectivity index (χ3v) is 6.74. The summed E-state index contributed by atoms with van der Waals surface area (Å²) in [6, 6.07) is 7.35. The van der Waals surface area contributed by atoms with Gasteiger partial charge in [0.1, 0.15) is 5.00 Å². The second kappa shape index (κ2) is 9.81. The zero-order valence-corrected chi connectivity index (χ0v) is 17.7. The van der Waals surface area contributed by atoms with Crippen LogP contribution in [0.25, 0.3) is 0 Å². The number of hydrogen-bond acceptors (Lipinski definition) is 6. The summed E-state index contributed by atoms with van der Waals surface area (Å²) in [5.41, 5.74) is 0.565. The van der Waals surface area contributed by atoms with E-state index in [1.807, 2.05) is 13.8 Å². The van der Waals surface area contributed by atoms with Crippen LogP contribution in [0.15, 0.2) is 40.6 Å². The third-order valence-electron chi connectivity index (χ3n) is 4.00. The first-order valence-corrected chi connectivity index (χ1v) is 11.2. The molecule has 0 aliphatic heterocycles. The fourth-order valence-electron chi connectivity index (χ4n) is 2.63. The van der Waals surface area contributed by atoms with Crippen LogP contribution < -0.4 is 5.32 Å². The fraction of sp³-hybridized carbons (Fsp3) is 0.368. The number of thiophene rings is 1. The second-order valence-electron chi connectivity index (χ2n) is 6.04. The first-order chi connectivity index (χ1) is 13.3. The molecule has 0 fully saturated rings. The molecule has 0 bridgehead atoms. The number of esters is 1. The highest BCUT2D eigenvalue weighted by atomic mass is 32.2. The van der Waals surface area contributed by atoms with Gasteiger partial charge < -0.3 is 10.1 Å². The smallest absolute Gasteiger partial charge is 0.340 e. The van der Waals surface area contributed by atoms with Gasteiger partial charge in [-0.25, -0.2) is 13.2 Å². The number of nitrogens with zero attached hydrogens (tertiary/aromatic N) is 1. The lowest BCUT2D eigenvalue weighted by molar-refractivity contribution is 0.0602. The van der Waals surface area contributed by atoms with E-state index >= 15 is 0 Å². The summed E-state index contributed by atoms with van der Waals surface area (Å²) >= 11 is 1.20. The maximum absolute atomic E-state index is 12.8. The molecule has 1 amide bonds. The van der Waals surface area contributed by atoms with Gasteiger partial charge in [-0.3, -0.25) is 4.79 Å². The van der Waals surface area contributed by atoms with E-state index in [1.54, 1.807) is 11.4 Å². The van der Waals surface area contributed by atoms with E-state index in [-0.39, 0.29) is 10.5 Å². The van der Waals surface area contributed by atoms with Gasteiger partial charge in [0.25, 0.3) is 5.91 Å². The van der Waals surface area contributed by atoms with Crippen LogP contribution in [0.3, 0.4) is 0 Å². The monoisotopic (exact) mass is 424 g/mol. The molecule has 0 unspecified atom stereocenters. The van der Waals surface area contributed by atoms with Crippen LogP contribution in [-0.4, -0.2) is 44.8 Å². The molecule has 1 aromatic heterocycles. The summed E-state index contributed by atoms with van der Waals surface area (Å²) in [5, 5.41) is 4.72. The van der Waals surface area contributed by atoms with E-state index in [0.717, 1.165) is 12.8 Å². The minimum atomic E-state index is -3.60. The molecule has 0 atom stereocenters. The van der Waals surface area contributed by atoms with Gasteiger partial charge >= 0.3 is 5.97 Å². The number of methoxy groups -OCH3 is 1. The number of hydrogen-bond donors (Lipinski definition) is 1. The van der Waals surface area contributed by atoms with Crippen molar-refractivity contribution in [3.8, 4) is 0 Å². The SMILES string of the molecule is CCCN(CCC)S(=O)(=O)c1ccc(C(=O)Nc2sccc2C(=O)OC)cc1. The van der Waals surface area contributed by atoms with Crippen LogP contribution >= 0.6 is 11.3 Å². The van der Waals surface area contributed by atoms with Crippen LogP contribution in [0.1, 0.15) is 47.4 Å². The summed E-state index contributed by atoms with van der Waals surface area (Å²) in [6.07, 6.45) is 1.45. The molecule has 1 heterocycles. The summed E-state index contributed by atoms with van der Waals surface area (Å²) in [7, 11) is -2.33. The van der Waals surface area contributed by atoms with Crippen molar-refractivity contribution >= 4 is 38.2 Å². The Kier molecular flexibility index (Phi) is 7.73. The molecule has 2 rings (SSSR count). The number of carbonyl (C=O) groups is 2. The highest BCUT2D eigenvalue weighted by Gasteiger charge is 2.23. The minimum absolute atomic E-state index is 0.150. The number of anilines is 1. The van der Waals surface area contributed by atoms with Crippen molar-refractivity contribution in [3.63, 3.8) is 0 Å². The Hall–Kier alpha value is -2.23. The largest absolute Gasteiger partial charge is 0.465 e. The second-order valence-corrected chi connectivity index (χ2v) is 8.89. The number of ether oxygens (including phenoxy) is 1. The number of carbonyl (C=O) groups excluding carboxylic acids is 2. The molecule has 7 nitrogen and oxygen atoms in total. The maximum atomic E-state index is 12.8. The maximum Gasteiger partial charge on any atom is 0.340 e. The average Bonchev–Trinajstić information content (AvgIpc) is 3.15. The molecule has 0 radical (unpaired) electrons. The Morgan fingerprint density at radius 1 is 1.07 bits per heavy atom. The lowest BCUT2D eigenvalue weighted by Crippen LogP contribution is -2.32. The van der Waals surface area contributed by atoms with E-state index < -0.39 is 21.9 Å². The number of nitrogens with one attached hydrogen (secondary N) is 1. The molecule has 152 valence electrons. The van der Waals surface area contributed by atoms with Crippen molar-refractivity contribution in [2.75, 3.05) is 25.5 Å². The lowest BCUT2D eigenvalue weighted by Gasteiger charge is -2.21. The number of rotatable bonds is 9. The Morgan fingerprint density at radius 3 is 2.21 bits per heavy atom. The first kappa shape index (κ1) is 22.1. The zero-order valence-electron chi connectivity index (χ0n) is 16.1. The molecular weight excluding hydrogens is 400 g/mol. The van der Waals surface area contributed by atoms with Gasteiger partial charge in [-0.1, -0.05) is 13.8 Å². The molecule has 1 N–H and O–H groups in total. The van der Waals surface area contributed by atoms with Gasteiger partial charge in [0.05, 0.1) is 17.6 Å². The highest BCUT2D eigenvalue weighted by Crippen LogP contribution is 2.25. The Balaban J connectivity index is 2.19. The van der Waals surface area contributed by atoms with Gasteiger partial charge in [0.2, 0.25) is 10.0 Å². The van der Waals surface area contributed by atoms with Crippen molar-refractivity contribution < 1.29 is 22.7 Å². The molecule has 2 aromatic rings. The summed E-state index contributed by atoms with van der Waals surface area (Å²) in [4.78, 5) is 24.3. The van der Waals surface area contributed by atoms with Crippen LogP contribution in [0.5, 0.6) is 0 Å². The van der Waals surface area contributed by atoms with Crippen LogP contribution in [0.4, 0.5) is 5.00 Å². The average molecular weight is 425 g/mol. The molecular formula is C19H24N2O5S2. The molecule has 0 saturated carbocycles. The first-order valence-electron chi connectivity index (χ1n) is 8.92. The van der Waals surface area contributed by atoms with E-state index in [4.69, 9.17) is 0 Å². The van der Waals surface area contributed by atoms with Crippen molar-refractivity contribution in [2.45, 2.75) is 31.6 Å². The van der Waals surface area contributed by atoms with Crippen molar-refractivity contribution in [3.05, 3.63) is 46.8 Å². The molecule has 0 aliphatic rings. The predicted octanol–water partition coefficient (Wildman–Crippen LogP) is 3.60. The van der Waals surface area contributed by atoms with Crippen LogP contribution in [-0.2, 0) is 14.8 Å². The minimum Gasteiger partial charge on any atom is -0.465 e. The Labute approximate surface area is 169 Å². The number of sulfonamides is 1. The summed E-state index contributed by atoms with van der Waals surface area (Å²) in [5.74, 6) is -0.972. The van der Waals surface area contributed by atoms with Gasteiger partial charge in [0, 0.05) is 18.7 Å². The van der Waals surface area contributed by atoms with Gasteiger partial charge in [-0.2, -0.15) is 4.31 Å². The molecule has 1 aromatic carbocycles. The quantitative estimate of drug-likeness (QED) is 0.621. The van der Waals surface area contributed by atoms with E-state index in [0.29, 0.717) is 23.7 Å². The number of benzene rings is 1. The van der Waals surface area contributed by atoms with Crippen molar-refractivity contribution in [1.29, 1.82) is 0 Å². The highest BCUT2D eigenvalue weighted by molar-refractivity contribution is 7.89. The Bertz CT molecular complexity index is 914. The van der Waals surface area contributed by atoms with Crippen LogP contribution in [0.2, 0.25) is 0 Å². The lowest BCUT2D eigenvalue weighted by atomic mass is 10.2. The topological polar surface area (TPSA) is 92.8 Å². The molecule has 28 heavy (non-hydrogen) atoms. The normalized spacial score (nSPS) is 11.4. The van der Waals surface area contributed by atoms with Gasteiger partial charge in [-0.05, 0) is 48.6 Å². The zero-order chi connectivity index (χ0) is 20.7. The summed E-state index contributed by atoms with van der Waals surface area (Å²) in [6.45, 7) is 4.76. The Morgan fingerprint density at radius 2 is 1.68 bits per heavy atom. The fourth-order valence-corrected chi connectivity index (χ4v) is 5.02. The van der Waals surface area contributed by atoms with Gasteiger partial charge in [0.15, 0.2) is 0 Å². The van der Waals surface area contributed by atoms with Crippen LogP contribution in [0, 0.1) is 0 Å². The van der Waals surface area contributed by atoms with E-state index in [1.165, 1.54) is 47.0 Å². The molecule has 0 aliphatic carbocycles. The standard InChI is InChI=1S/C19H24N2O5S2/c1-4-11-21(12-5-2)28(24,25)15-8-6-14(7-9-15)17(22)20-18-16(10-13-27-18)19(23)26-3/h6-10,13H,4-5,11-12H2,1-3H3,(H,20,22). The predicted molar refractivity (Wildman–Crippen MR) is 109 cm³/mol. The molecule has 0 spiro atoms. The van der Waals surface area contributed by atoms with Crippen molar-refractivity contribution in [2.24, 2.45) is 0 Å². The number of amides is 1. The molecule has 0 saturated heterocycles. The van der Waals surface area contributed by atoms with Gasteiger partial charge in [-0.15, -0.1) is 11.3 Å².